The van der Waals surface area contributed by atoms with Gasteiger partial charge in [0.1, 0.15) is 5.69 Å². The van der Waals surface area contributed by atoms with E-state index in [9.17, 15) is 0 Å². The van der Waals surface area contributed by atoms with E-state index < -0.39 is 0 Å². The summed E-state index contributed by atoms with van der Waals surface area (Å²) < 4.78 is 2.94. The molecule has 14 rings (SSSR count). The lowest BCUT2D eigenvalue weighted by Gasteiger charge is -2.30. The lowest BCUT2D eigenvalue weighted by atomic mass is 9.98. The van der Waals surface area contributed by atoms with Gasteiger partial charge in [0.05, 0.1) is 46.1 Å². The SMILES string of the molecule is C[N+]1(c2ccc(-c3nc(-c4ccccc4)nc4ccccc34)cc2)c2ccccc2-c2cc(-c3ccc4c(c3)c3ccccc3n4-c3ccc(-c4nc(-c5ccccc5)nc5ccccc45)cc3)ccc21. The molecule has 0 amide bonds. The lowest BCUT2D eigenvalue weighted by molar-refractivity contribution is 0.643. The molecule has 1 aliphatic heterocycles. The second-order valence-electron chi connectivity index (χ2n) is 18.5. The summed E-state index contributed by atoms with van der Waals surface area (Å²) in [6, 6.07) is 86.4. The third kappa shape index (κ3) is 6.53. The Bertz CT molecular complexity index is 4220. The minimum absolute atomic E-state index is 0.554. The zero-order valence-corrected chi connectivity index (χ0v) is 38.8. The first kappa shape index (κ1) is 40.7. The van der Waals surface area contributed by atoms with Gasteiger partial charge in [-0.1, -0.05) is 146 Å². The maximum absolute atomic E-state index is 5.16. The number of hydrogen-bond donors (Lipinski definition) is 0. The number of nitrogens with zero attached hydrogens (tertiary/aromatic N) is 6. The van der Waals surface area contributed by atoms with Crippen LogP contribution in [0, 0.1) is 0 Å². The van der Waals surface area contributed by atoms with Crippen molar-refractivity contribution in [2.45, 2.75) is 0 Å². The van der Waals surface area contributed by atoms with Crippen LogP contribution < -0.4 is 4.48 Å². The fourth-order valence-electron chi connectivity index (χ4n) is 11.0. The van der Waals surface area contributed by atoms with Crippen molar-refractivity contribution < 1.29 is 0 Å². The molecule has 0 bridgehead atoms. The quantitative estimate of drug-likeness (QED) is 0.150. The normalized spacial score (nSPS) is 14.0. The number of benzene rings is 10. The van der Waals surface area contributed by atoms with Crippen molar-refractivity contribution in [2.24, 2.45) is 0 Å². The summed E-state index contributed by atoms with van der Waals surface area (Å²) in [5, 5.41) is 4.49. The van der Waals surface area contributed by atoms with E-state index in [1.165, 1.54) is 50.1 Å². The van der Waals surface area contributed by atoms with Crippen molar-refractivity contribution >= 4 is 60.7 Å². The standard InChI is InChI=1S/C65H43N6/c1-71(49-36-30-43(31-37-49)63-53-23-9-13-25-57(53)67-65(69-63)45-18-6-3-7-19-45)60-27-15-11-21-51(60)55-41-47(33-39-61(55)71)46-32-38-59-54(40-46)50-20-10-14-26-58(50)70(59)48-34-28-42(29-35-48)62-52-22-8-12-24-56(52)66-64(68-62)44-16-4-2-5-17-44/h2-41H,1H3/q+1. The fraction of sp³-hybridized carbons (Fsp3) is 0.0154. The van der Waals surface area contributed by atoms with Crippen LogP contribution in [-0.2, 0) is 0 Å². The van der Waals surface area contributed by atoms with Gasteiger partial charge in [0.2, 0.25) is 0 Å². The molecule has 6 heteroatoms. The van der Waals surface area contributed by atoms with Crippen LogP contribution in [0.15, 0.2) is 243 Å². The minimum Gasteiger partial charge on any atom is -0.309 e. The van der Waals surface area contributed by atoms with Gasteiger partial charge in [-0.3, -0.25) is 0 Å². The van der Waals surface area contributed by atoms with E-state index in [4.69, 9.17) is 19.9 Å². The molecule has 1 unspecified atom stereocenters. The Morgan fingerprint density at radius 3 is 1.45 bits per heavy atom. The molecule has 0 fully saturated rings. The number of aromatic nitrogens is 5. The van der Waals surface area contributed by atoms with Crippen LogP contribution >= 0.6 is 0 Å². The Hall–Kier alpha value is -9.36. The number of rotatable bonds is 7. The highest BCUT2D eigenvalue weighted by Crippen LogP contribution is 2.57. The molecule has 332 valence electrons. The van der Waals surface area contributed by atoms with Crippen molar-refractivity contribution in [3.63, 3.8) is 0 Å². The lowest BCUT2D eigenvalue weighted by Crippen LogP contribution is -2.31. The Morgan fingerprint density at radius 1 is 0.324 bits per heavy atom. The van der Waals surface area contributed by atoms with E-state index in [1.807, 2.05) is 48.5 Å². The molecule has 71 heavy (non-hydrogen) atoms. The van der Waals surface area contributed by atoms with Gasteiger partial charge in [-0.2, -0.15) is 0 Å². The first-order valence-electron chi connectivity index (χ1n) is 24.1. The van der Waals surface area contributed by atoms with Gasteiger partial charge in [0.15, 0.2) is 23.0 Å². The van der Waals surface area contributed by atoms with Crippen LogP contribution in [0.2, 0.25) is 0 Å². The van der Waals surface area contributed by atoms with E-state index in [1.54, 1.807) is 0 Å². The van der Waals surface area contributed by atoms with Crippen molar-refractivity contribution in [1.82, 2.24) is 29.0 Å². The van der Waals surface area contributed by atoms with E-state index in [-0.39, 0.29) is 0 Å². The molecule has 0 spiro atoms. The van der Waals surface area contributed by atoms with Gasteiger partial charge in [-0.05, 0) is 83.9 Å². The van der Waals surface area contributed by atoms with Crippen molar-refractivity contribution in [1.29, 1.82) is 0 Å². The highest BCUT2D eigenvalue weighted by molar-refractivity contribution is 6.11. The molecule has 0 aliphatic carbocycles. The van der Waals surface area contributed by atoms with Gasteiger partial charge in [0, 0.05) is 79.3 Å². The van der Waals surface area contributed by atoms with Crippen LogP contribution in [0.4, 0.5) is 17.1 Å². The fourth-order valence-corrected chi connectivity index (χ4v) is 11.0. The van der Waals surface area contributed by atoms with Gasteiger partial charge < -0.3 is 4.57 Å². The predicted molar refractivity (Wildman–Crippen MR) is 293 cm³/mol. The molecular weight excluding hydrogens is 865 g/mol. The van der Waals surface area contributed by atoms with Gasteiger partial charge >= 0.3 is 0 Å². The number of hydrogen-bond acceptors (Lipinski definition) is 4. The van der Waals surface area contributed by atoms with Crippen LogP contribution in [0.3, 0.4) is 0 Å². The van der Waals surface area contributed by atoms with E-state index in [2.05, 4.69) is 206 Å². The summed E-state index contributed by atoms with van der Waals surface area (Å²) in [6.45, 7) is 0. The second kappa shape index (κ2) is 16.1. The average Bonchev–Trinajstić information content (AvgIpc) is 3.91. The Balaban J connectivity index is 0.825. The number of fused-ring (bicyclic) bond motifs is 8. The van der Waals surface area contributed by atoms with Crippen LogP contribution in [0.5, 0.6) is 0 Å². The molecule has 0 radical (unpaired) electrons. The first-order chi connectivity index (χ1) is 35.1. The zero-order chi connectivity index (χ0) is 47.0. The molecule has 0 N–H and O–H groups in total. The van der Waals surface area contributed by atoms with Crippen LogP contribution in [-0.4, -0.2) is 31.6 Å². The molecule has 3 aromatic heterocycles. The summed E-state index contributed by atoms with van der Waals surface area (Å²) >= 11 is 0. The molecule has 1 aliphatic rings. The first-order valence-corrected chi connectivity index (χ1v) is 24.1. The summed E-state index contributed by atoms with van der Waals surface area (Å²) in [5.41, 5.74) is 19.8. The predicted octanol–water partition coefficient (Wildman–Crippen LogP) is 16.6. The molecule has 13 aromatic rings. The largest absolute Gasteiger partial charge is 0.309 e. The molecular formula is C65H43N6+. The van der Waals surface area contributed by atoms with Gasteiger partial charge in [-0.25, -0.2) is 24.4 Å². The molecule has 1 atom stereocenters. The minimum atomic E-state index is 0.554. The number of quaternary nitrogens is 1. The molecule has 0 saturated heterocycles. The van der Waals surface area contributed by atoms with Crippen molar-refractivity contribution in [3.8, 4) is 73.2 Å². The third-order valence-corrected chi connectivity index (χ3v) is 14.5. The van der Waals surface area contributed by atoms with Gasteiger partial charge in [0.25, 0.3) is 0 Å². The van der Waals surface area contributed by atoms with E-state index in [0.29, 0.717) is 4.48 Å². The third-order valence-electron chi connectivity index (χ3n) is 14.5. The molecule has 10 aromatic carbocycles. The highest BCUT2D eigenvalue weighted by Gasteiger charge is 2.42. The molecule has 6 nitrogen and oxygen atoms in total. The topological polar surface area (TPSA) is 56.5 Å². The summed E-state index contributed by atoms with van der Waals surface area (Å²) in [5.74, 6) is 1.45. The Labute approximate surface area is 410 Å². The van der Waals surface area contributed by atoms with Crippen LogP contribution in [0.1, 0.15) is 0 Å². The zero-order valence-electron chi connectivity index (χ0n) is 38.8. The molecule has 0 saturated carbocycles. The highest BCUT2D eigenvalue weighted by atomic mass is 15.4. The summed E-state index contributed by atoms with van der Waals surface area (Å²) in [7, 11) is 2.32. The maximum atomic E-state index is 5.16. The smallest absolute Gasteiger partial charge is 0.160 e. The Kier molecular flexibility index (Phi) is 9.24. The molecule has 4 heterocycles. The van der Waals surface area contributed by atoms with Crippen LogP contribution in [0.25, 0.3) is 117 Å². The summed E-state index contributed by atoms with van der Waals surface area (Å²) in [6.07, 6.45) is 0. The maximum Gasteiger partial charge on any atom is 0.160 e. The average molecular weight is 908 g/mol. The van der Waals surface area contributed by atoms with E-state index in [0.717, 1.165) is 83.8 Å². The van der Waals surface area contributed by atoms with Crippen molar-refractivity contribution in [3.05, 3.63) is 243 Å². The van der Waals surface area contributed by atoms with E-state index >= 15 is 0 Å². The second-order valence-corrected chi connectivity index (χ2v) is 18.5. The summed E-state index contributed by atoms with van der Waals surface area (Å²) in [4.78, 5) is 20.2. The van der Waals surface area contributed by atoms with Gasteiger partial charge in [-0.15, -0.1) is 0 Å². The monoisotopic (exact) mass is 907 g/mol. The van der Waals surface area contributed by atoms with Crippen molar-refractivity contribution in [2.75, 3.05) is 7.05 Å². The number of para-hydroxylation sites is 4. The Morgan fingerprint density at radius 2 is 0.803 bits per heavy atom.